The Bertz CT molecular complexity index is 667. The normalized spacial score (nSPS) is 20.1. The molecule has 3 rings (SSSR count). The quantitative estimate of drug-likeness (QED) is 0.922. The van der Waals surface area contributed by atoms with Crippen LogP contribution in [-0.2, 0) is 9.59 Å². The van der Waals surface area contributed by atoms with E-state index in [0.29, 0.717) is 30.0 Å². The van der Waals surface area contributed by atoms with Crippen LogP contribution in [-0.4, -0.2) is 48.2 Å². The second kappa shape index (κ2) is 6.32. The summed E-state index contributed by atoms with van der Waals surface area (Å²) in [7, 11) is 1.58. The highest BCUT2D eigenvalue weighted by Crippen LogP contribution is 2.31. The molecule has 0 aromatic heterocycles. The number of hydrogen-bond acceptors (Lipinski definition) is 4. The SMILES string of the molecule is COc1ccc2c(c1)C=C(C(=O)N1CCCC[C@@H]1C(=O)O)CO2. The molecule has 0 saturated carbocycles. The van der Waals surface area contributed by atoms with Crippen molar-refractivity contribution in [1.29, 1.82) is 0 Å². The van der Waals surface area contributed by atoms with Crippen molar-refractivity contribution in [2.75, 3.05) is 20.3 Å². The number of fused-ring (bicyclic) bond motifs is 1. The number of ether oxygens (including phenoxy) is 2. The van der Waals surface area contributed by atoms with Gasteiger partial charge in [-0.2, -0.15) is 0 Å². The topological polar surface area (TPSA) is 76.1 Å². The van der Waals surface area contributed by atoms with Crippen LogP contribution in [0.25, 0.3) is 6.08 Å². The molecule has 0 bridgehead atoms. The lowest BCUT2D eigenvalue weighted by Gasteiger charge is -2.34. The van der Waals surface area contributed by atoms with E-state index < -0.39 is 12.0 Å². The molecule has 1 aromatic carbocycles. The van der Waals surface area contributed by atoms with E-state index in [4.69, 9.17) is 9.47 Å². The van der Waals surface area contributed by atoms with Gasteiger partial charge in [0.25, 0.3) is 5.91 Å². The summed E-state index contributed by atoms with van der Waals surface area (Å²) < 4.78 is 10.8. The van der Waals surface area contributed by atoms with Gasteiger partial charge in [0.05, 0.1) is 12.7 Å². The molecule has 23 heavy (non-hydrogen) atoms. The van der Waals surface area contributed by atoms with Crippen LogP contribution in [0, 0.1) is 0 Å². The Morgan fingerprint density at radius 3 is 2.91 bits per heavy atom. The van der Waals surface area contributed by atoms with Crippen LogP contribution in [0.1, 0.15) is 24.8 Å². The van der Waals surface area contributed by atoms with Gasteiger partial charge in [0.2, 0.25) is 0 Å². The Morgan fingerprint density at radius 1 is 1.35 bits per heavy atom. The molecule has 122 valence electrons. The average Bonchev–Trinajstić information content (AvgIpc) is 2.60. The van der Waals surface area contributed by atoms with Crippen LogP contribution in [0.2, 0.25) is 0 Å². The van der Waals surface area contributed by atoms with E-state index in [1.807, 2.05) is 0 Å². The van der Waals surface area contributed by atoms with Crippen molar-refractivity contribution in [3.63, 3.8) is 0 Å². The van der Waals surface area contributed by atoms with Crippen molar-refractivity contribution in [3.8, 4) is 11.5 Å². The summed E-state index contributed by atoms with van der Waals surface area (Å²) in [5.74, 6) is 0.164. The molecule has 6 heteroatoms. The maximum atomic E-state index is 12.7. The third-order valence-electron chi connectivity index (χ3n) is 4.25. The third-order valence-corrected chi connectivity index (χ3v) is 4.25. The van der Waals surface area contributed by atoms with E-state index in [9.17, 15) is 14.7 Å². The Balaban J connectivity index is 1.87. The second-order valence-electron chi connectivity index (χ2n) is 5.71. The molecule has 1 N–H and O–H groups in total. The van der Waals surface area contributed by atoms with Crippen molar-refractivity contribution < 1.29 is 24.2 Å². The van der Waals surface area contributed by atoms with Crippen LogP contribution in [0.5, 0.6) is 11.5 Å². The smallest absolute Gasteiger partial charge is 0.326 e. The fraction of sp³-hybridized carbons (Fsp3) is 0.412. The minimum atomic E-state index is -0.947. The van der Waals surface area contributed by atoms with E-state index in [1.54, 1.807) is 31.4 Å². The van der Waals surface area contributed by atoms with Crippen LogP contribution in [0.4, 0.5) is 0 Å². The molecule has 1 atom stereocenters. The van der Waals surface area contributed by atoms with Crippen LogP contribution in [0.15, 0.2) is 23.8 Å². The first kappa shape index (κ1) is 15.4. The zero-order valence-electron chi connectivity index (χ0n) is 12.9. The lowest BCUT2D eigenvalue weighted by molar-refractivity contribution is -0.150. The summed E-state index contributed by atoms with van der Waals surface area (Å²) in [6.45, 7) is 0.624. The highest BCUT2D eigenvalue weighted by atomic mass is 16.5. The molecule has 0 unspecified atom stereocenters. The number of carboxylic acid groups (broad SMARTS) is 1. The van der Waals surface area contributed by atoms with Crippen molar-refractivity contribution in [2.45, 2.75) is 25.3 Å². The summed E-state index contributed by atoms with van der Waals surface area (Å²) >= 11 is 0. The fourth-order valence-corrected chi connectivity index (χ4v) is 3.02. The van der Waals surface area contributed by atoms with Crippen molar-refractivity contribution in [2.24, 2.45) is 0 Å². The van der Waals surface area contributed by atoms with Gasteiger partial charge in [-0.05, 0) is 43.5 Å². The van der Waals surface area contributed by atoms with Gasteiger partial charge in [-0.25, -0.2) is 4.79 Å². The molecular weight excluding hydrogens is 298 g/mol. The molecule has 6 nitrogen and oxygen atoms in total. The summed E-state index contributed by atoms with van der Waals surface area (Å²) in [5, 5.41) is 9.32. The Morgan fingerprint density at radius 2 is 2.17 bits per heavy atom. The predicted molar refractivity (Wildman–Crippen MR) is 83.5 cm³/mol. The molecule has 1 aromatic rings. The van der Waals surface area contributed by atoms with Crippen molar-refractivity contribution in [3.05, 3.63) is 29.3 Å². The Labute approximate surface area is 134 Å². The summed E-state index contributed by atoms with van der Waals surface area (Å²) in [6.07, 6.45) is 3.92. The van der Waals surface area contributed by atoms with Gasteiger partial charge in [-0.15, -0.1) is 0 Å². The molecule has 0 radical (unpaired) electrons. The maximum absolute atomic E-state index is 12.7. The molecule has 0 aliphatic carbocycles. The minimum absolute atomic E-state index is 0.154. The van der Waals surface area contributed by atoms with E-state index in [2.05, 4.69) is 0 Å². The number of aliphatic carboxylic acids is 1. The standard InChI is InChI=1S/C17H19NO5/c1-22-13-5-6-15-11(9-13)8-12(10-23-15)16(19)18-7-3-2-4-14(18)17(20)21/h5-6,8-9,14H,2-4,7,10H2,1H3,(H,20,21)/t14-/m1/s1. The van der Waals surface area contributed by atoms with Crippen molar-refractivity contribution in [1.82, 2.24) is 4.90 Å². The van der Waals surface area contributed by atoms with Crippen molar-refractivity contribution >= 4 is 18.0 Å². The predicted octanol–water partition coefficient (Wildman–Crippen LogP) is 1.94. The first-order chi connectivity index (χ1) is 11.1. The number of methoxy groups -OCH3 is 1. The van der Waals surface area contributed by atoms with E-state index in [-0.39, 0.29) is 12.5 Å². The molecule has 1 amide bonds. The number of piperidine rings is 1. The number of rotatable bonds is 3. The number of carboxylic acids is 1. The highest BCUT2D eigenvalue weighted by Gasteiger charge is 2.34. The number of hydrogen-bond donors (Lipinski definition) is 1. The lowest BCUT2D eigenvalue weighted by atomic mass is 9.99. The number of likely N-dealkylation sites (tertiary alicyclic amines) is 1. The number of benzene rings is 1. The number of carbonyl (C=O) groups is 2. The Hall–Kier alpha value is -2.50. The maximum Gasteiger partial charge on any atom is 0.326 e. The number of nitrogens with zero attached hydrogens (tertiary/aromatic N) is 1. The largest absolute Gasteiger partial charge is 0.497 e. The van der Waals surface area contributed by atoms with E-state index in [0.717, 1.165) is 18.4 Å². The first-order valence-electron chi connectivity index (χ1n) is 7.65. The summed E-state index contributed by atoms with van der Waals surface area (Å²) in [4.78, 5) is 25.5. The number of amides is 1. The van der Waals surface area contributed by atoms with Crippen LogP contribution >= 0.6 is 0 Å². The fourth-order valence-electron chi connectivity index (χ4n) is 3.02. The molecule has 2 aliphatic heterocycles. The Kier molecular flexibility index (Phi) is 4.23. The second-order valence-corrected chi connectivity index (χ2v) is 5.71. The van der Waals surface area contributed by atoms with Gasteiger partial charge in [-0.1, -0.05) is 0 Å². The first-order valence-corrected chi connectivity index (χ1v) is 7.65. The minimum Gasteiger partial charge on any atom is -0.497 e. The molecule has 2 heterocycles. The van der Waals surface area contributed by atoms with E-state index >= 15 is 0 Å². The summed E-state index contributed by atoms with van der Waals surface area (Å²) in [5.41, 5.74) is 1.24. The molecule has 2 aliphatic rings. The molecule has 1 saturated heterocycles. The monoisotopic (exact) mass is 317 g/mol. The third kappa shape index (κ3) is 3.02. The molecule has 1 fully saturated rings. The van der Waals surface area contributed by atoms with Gasteiger partial charge in [0.1, 0.15) is 24.1 Å². The van der Waals surface area contributed by atoms with Gasteiger partial charge in [0, 0.05) is 12.1 Å². The zero-order valence-corrected chi connectivity index (χ0v) is 12.9. The average molecular weight is 317 g/mol. The van der Waals surface area contributed by atoms with Gasteiger partial charge >= 0.3 is 5.97 Å². The zero-order chi connectivity index (χ0) is 16.4. The molecular formula is C17H19NO5. The molecule has 0 spiro atoms. The van der Waals surface area contributed by atoms with Gasteiger partial charge in [0.15, 0.2) is 0 Å². The van der Waals surface area contributed by atoms with Gasteiger partial charge in [-0.3, -0.25) is 4.79 Å². The van der Waals surface area contributed by atoms with E-state index in [1.165, 1.54) is 4.90 Å². The van der Waals surface area contributed by atoms with Crippen LogP contribution in [0.3, 0.4) is 0 Å². The summed E-state index contributed by atoms with van der Waals surface area (Å²) in [6, 6.07) is 4.65. The number of carbonyl (C=O) groups excluding carboxylic acids is 1. The lowest BCUT2D eigenvalue weighted by Crippen LogP contribution is -2.49. The highest BCUT2D eigenvalue weighted by molar-refractivity contribution is 6.01. The van der Waals surface area contributed by atoms with Gasteiger partial charge < -0.3 is 19.5 Å². The van der Waals surface area contributed by atoms with Crippen LogP contribution < -0.4 is 9.47 Å².